The minimum Gasteiger partial charge on any atom is -0.381 e. The standard InChI is InChI=1S/C18H22F2N2O3/c19-13-4-5-14(15(20)11-13)18(6-9-25-10-7-18)21-16(23)12-22-8-2-1-3-17(22)24/h4-5,11H,1-3,6-10,12H2,(H,21,23). The van der Waals surface area contributed by atoms with Gasteiger partial charge < -0.3 is 15.0 Å². The number of piperidine rings is 1. The Balaban J connectivity index is 1.78. The molecular weight excluding hydrogens is 330 g/mol. The number of likely N-dealkylation sites (tertiary alicyclic amines) is 1. The lowest BCUT2D eigenvalue weighted by molar-refractivity contribution is -0.139. The highest BCUT2D eigenvalue weighted by molar-refractivity contribution is 5.85. The summed E-state index contributed by atoms with van der Waals surface area (Å²) in [5.74, 6) is -1.71. The van der Waals surface area contributed by atoms with Crippen molar-refractivity contribution in [3.63, 3.8) is 0 Å². The van der Waals surface area contributed by atoms with Crippen LogP contribution in [0.15, 0.2) is 18.2 Å². The number of halogens is 2. The molecule has 2 aliphatic heterocycles. The van der Waals surface area contributed by atoms with Crippen molar-refractivity contribution in [3.05, 3.63) is 35.4 Å². The molecule has 0 saturated carbocycles. The van der Waals surface area contributed by atoms with Gasteiger partial charge in [-0.1, -0.05) is 6.07 Å². The smallest absolute Gasteiger partial charge is 0.240 e. The van der Waals surface area contributed by atoms with Crippen LogP contribution in [0.4, 0.5) is 8.78 Å². The predicted molar refractivity (Wildman–Crippen MR) is 86.7 cm³/mol. The van der Waals surface area contributed by atoms with Gasteiger partial charge in [0, 0.05) is 37.8 Å². The number of benzene rings is 1. The molecule has 1 aromatic rings. The fourth-order valence-electron chi connectivity index (χ4n) is 3.57. The zero-order valence-corrected chi connectivity index (χ0v) is 14.0. The van der Waals surface area contributed by atoms with Crippen LogP contribution in [-0.4, -0.2) is 43.0 Å². The Morgan fingerprint density at radius 1 is 1.24 bits per heavy atom. The van der Waals surface area contributed by atoms with Crippen molar-refractivity contribution in [1.82, 2.24) is 10.2 Å². The lowest BCUT2D eigenvalue weighted by Crippen LogP contribution is -2.53. The zero-order valence-electron chi connectivity index (χ0n) is 14.0. The van der Waals surface area contributed by atoms with E-state index in [-0.39, 0.29) is 23.9 Å². The van der Waals surface area contributed by atoms with Crippen LogP contribution in [0.5, 0.6) is 0 Å². The van der Waals surface area contributed by atoms with E-state index in [4.69, 9.17) is 4.74 Å². The minimum absolute atomic E-state index is 0.0320. The molecule has 1 N–H and O–H groups in total. The lowest BCUT2D eigenvalue weighted by atomic mass is 9.82. The largest absolute Gasteiger partial charge is 0.381 e. The molecule has 2 heterocycles. The monoisotopic (exact) mass is 352 g/mol. The van der Waals surface area contributed by atoms with Crippen molar-refractivity contribution in [3.8, 4) is 0 Å². The number of carbonyl (C=O) groups excluding carboxylic acids is 2. The van der Waals surface area contributed by atoms with Crippen LogP contribution in [0.25, 0.3) is 0 Å². The molecule has 2 fully saturated rings. The second kappa shape index (κ2) is 7.47. The van der Waals surface area contributed by atoms with Crippen molar-refractivity contribution < 1.29 is 23.1 Å². The molecule has 0 bridgehead atoms. The highest BCUT2D eigenvalue weighted by atomic mass is 19.1. The zero-order chi connectivity index (χ0) is 17.9. The second-order valence-corrected chi connectivity index (χ2v) is 6.64. The summed E-state index contributed by atoms with van der Waals surface area (Å²) < 4.78 is 33.0. The van der Waals surface area contributed by atoms with E-state index in [0.717, 1.165) is 18.9 Å². The van der Waals surface area contributed by atoms with Crippen molar-refractivity contribution in [2.75, 3.05) is 26.3 Å². The van der Waals surface area contributed by atoms with Crippen LogP contribution in [0.3, 0.4) is 0 Å². The summed E-state index contributed by atoms with van der Waals surface area (Å²) in [7, 11) is 0. The van der Waals surface area contributed by atoms with Gasteiger partial charge in [0.25, 0.3) is 0 Å². The molecule has 7 heteroatoms. The maximum Gasteiger partial charge on any atom is 0.240 e. The SMILES string of the molecule is O=C(CN1CCCCC1=O)NC1(c2ccc(F)cc2F)CCOCC1. The molecule has 2 amide bonds. The van der Waals surface area contributed by atoms with Gasteiger partial charge in [-0.25, -0.2) is 8.78 Å². The number of nitrogens with one attached hydrogen (secondary N) is 1. The van der Waals surface area contributed by atoms with Gasteiger partial charge in [0.1, 0.15) is 11.6 Å². The number of hydrogen-bond acceptors (Lipinski definition) is 3. The quantitative estimate of drug-likeness (QED) is 0.903. The fraction of sp³-hybridized carbons (Fsp3) is 0.556. The molecule has 1 aromatic carbocycles. The van der Waals surface area contributed by atoms with Crippen LogP contribution in [0.2, 0.25) is 0 Å². The maximum absolute atomic E-state index is 14.4. The van der Waals surface area contributed by atoms with Crippen LogP contribution >= 0.6 is 0 Å². The maximum atomic E-state index is 14.4. The number of hydrogen-bond donors (Lipinski definition) is 1. The Morgan fingerprint density at radius 2 is 2.00 bits per heavy atom. The number of carbonyl (C=O) groups is 2. The summed E-state index contributed by atoms with van der Waals surface area (Å²) in [5.41, 5.74) is -0.679. The minimum atomic E-state index is -0.939. The number of ether oxygens (including phenoxy) is 1. The van der Waals surface area contributed by atoms with E-state index >= 15 is 0 Å². The molecule has 0 radical (unpaired) electrons. The number of rotatable bonds is 4. The van der Waals surface area contributed by atoms with E-state index in [1.54, 1.807) is 0 Å². The summed E-state index contributed by atoms with van der Waals surface area (Å²) in [4.78, 5) is 26.0. The summed E-state index contributed by atoms with van der Waals surface area (Å²) >= 11 is 0. The van der Waals surface area contributed by atoms with Gasteiger partial charge in [-0.2, -0.15) is 0 Å². The van der Waals surface area contributed by atoms with Gasteiger partial charge in [0.15, 0.2) is 0 Å². The van der Waals surface area contributed by atoms with E-state index < -0.39 is 17.2 Å². The number of amides is 2. The predicted octanol–water partition coefficient (Wildman–Crippen LogP) is 2.10. The van der Waals surface area contributed by atoms with Crippen LogP contribution in [0, 0.1) is 11.6 Å². The number of nitrogens with zero attached hydrogens (tertiary/aromatic N) is 1. The third kappa shape index (κ3) is 3.98. The Kier molecular flexibility index (Phi) is 5.32. The molecule has 0 aromatic heterocycles. The molecule has 0 unspecified atom stereocenters. The van der Waals surface area contributed by atoms with Gasteiger partial charge in [0.05, 0.1) is 12.1 Å². The van der Waals surface area contributed by atoms with Gasteiger partial charge >= 0.3 is 0 Å². The average Bonchev–Trinajstić information content (AvgIpc) is 2.57. The first-order valence-corrected chi connectivity index (χ1v) is 8.62. The highest BCUT2D eigenvalue weighted by Crippen LogP contribution is 2.34. The average molecular weight is 352 g/mol. The van der Waals surface area contributed by atoms with Crippen molar-refractivity contribution in [1.29, 1.82) is 0 Å². The lowest BCUT2D eigenvalue weighted by Gasteiger charge is -2.39. The van der Waals surface area contributed by atoms with Gasteiger partial charge in [-0.05, 0) is 31.7 Å². The van der Waals surface area contributed by atoms with Gasteiger partial charge in [-0.15, -0.1) is 0 Å². The molecule has 0 aliphatic carbocycles. The molecule has 136 valence electrons. The van der Waals surface area contributed by atoms with Crippen LogP contribution in [-0.2, 0) is 19.9 Å². The summed E-state index contributed by atoms with van der Waals surface area (Å²) in [6.45, 7) is 1.27. The summed E-state index contributed by atoms with van der Waals surface area (Å²) in [5, 5.41) is 2.90. The first-order valence-electron chi connectivity index (χ1n) is 8.62. The molecule has 3 rings (SSSR count). The van der Waals surface area contributed by atoms with E-state index in [2.05, 4.69) is 5.32 Å². The van der Waals surface area contributed by atoms with Crippen molar-refractivity contribution in [2.45, 2.75) is 37.6 Å². The Bertz CT molecular complexity index is 660. The molecule has 25 heavy (non-hydrogen) atoms. The first kappa shape index (κ1) is 17.8. The first-order chi connectivity index (χ1) is 12.0. The molecule has 0 spiro atoms. The summed E-state index contributed by atoms with van der Waals surface area (Å²) in [6, 6.07) is 3.39. The molecule has 5 nitrogen and oxygen atoms in total. The van der Waals surface area contributed by atoms with Crippen molar-refractivity contribution >= 4 is 11.8 Å². The van der Waals surface area contributed by atoms with Crippen LogP contribution in [0.1, 0.15) is 37.7 Å². The Morgan fingerprint density at radius 3 is 2.68 bits per heavy atom. The third-order valence-electron chi connectivity index (χ3n) is 4.93. The molecule has 2 saturated heterocycles. The Labute approximate surface area is 145 Å². The normalized spacial score (nSPS) is 20.4. The molecular formula is C18H22F2N2O3. The third-order valence-corrected chi connectivity index (χ3v) is 4.93. The Hall–Kier alpha value is -2.02. The van der Waals surface area contributed by atoms with Crippen molar-refractivity contribution in [2.24, 2.45) is 0 Å². The topological polar surface area (TPSA) is 58.6 Å². The van der Waals surface area contributed by atoms with E-state index in [1.807, 2.05) is 0 Å². The molecule has 0 atom stereocenters. The van der Waals surface area contributed by atoms with Gasteiger partial charge in [0.2, 0.25) is 11.8 Å². The van der Waals surface area contributed by atoms with Crippen LogP contribution < -0.4 is 5.32 Å². The van der Waals surface area contributed by atoms with Gasteiger partial charge in [-0.3, -0.25) is 9.59 Å². The highest BCUT2D eigenvalue weighted by Gasteiger charge is 2.38. The van der Waals surface area contributed by atoms with E-state index in [0.29, 0.717) is 39.0 Å². The fourth-order valence-corrected chi connectivity index (χ4v) is 3.57. The van der Waals surface area contributed by atoms with E-state index in [9.17, 15) is 18.4 Å². The second-order valence-electron chi connectivity index (χ2n) is 6.64. The molecule has 2 aliphatic rings. The summed E-state index contributed by atoms with van der Waals surface area (Å²) in [6.07, 6.45) is 2.98. The van der Waals surface area contributed by atoms with E-state index in [1.165, 1.54) is 17.0 Å².